The van der Waals surface area contributed by atoms with E-state index in [9.17, 15) is 9.90 Å². The molecule has 1 aliphatic rings. The average molecular weight is 278 g/mol. The number of carbonyl (C=O) groups excluding carboxylic acids is 1. The molecule has 2 N–H and O–H groups in total. The van der Waals surface area contributed by atoms with Crippen molar-refractivity contribution in [2.75, 3.05) is 6.54 Å². The fourth-order valence-electron chi connectivity index (χ4n) is 2.65. The van der Waals surface area contributed by atoms with Gasteiger partial charge in [0.15, 0.2) is 0 Å². The molecule has 4 heteroatoms. The fraction of sp³-hybridized carbons (Fsp3) is 0.688. The van der Waals surface area contributed by atoms with E-state index in [2.05, 4.69) is 30.7 Å². The molecule has 112 valence electrons. The van der Waals surface area contributed by atoms with Crippen LogP contribution in [0.3, 0.4) is 0 Å². The summed E-state index contributed by atoms with van der Waals surface area (Å²) >= 11 is 0. The normalized spacial score (nSPS) is 17.6. The molecular formula is C16H26N2O2. The first-order valence-corrected chi connectivity index (χ1v) is 7.50. The summed E-state index contributed by atoms with van der Waals surface area (Å²) in [6.07, 6.45) is 5.71. The summed E-state index contributed by atoms with van der Waals surface area (Å²) in [7, 11) is 0. The SMILES string of the molecule is CC(C)(C)CC(O)CNC(=O)c1cccn1C1CCC1. The maximum atomic E-state index is 12.2. The highest BCUT2D eigenvalue weighted by molar-refractivity contribution is 5.92. The van der Waals surface area contributed by atoms with Gasteiger partial charge in [0.25, 0.3) is 5.91 Å². The Morgan fingerprint density at radius 2 is 2.20 bits per heavy atom. The van der Waals surface area contributed by atoms with Crippen molar-refractivity contribution in [1.29, 1.82) is 0 Å². The second-order valence-electron chi connectivity index (χ2n) is 7.01. The van der Waals surface area contributed by atoms with Crippen molar-refractivity contribution < 1.29 is 9.90 Å². The maximum absolute atomic E-state index is 12.2. The van der Waals surface area contributed by atoms with Crippen LogP contribution in [0.15, 0.2) is 18.3 Å². The molecule has 0 aromatic carbocycles. The monoisotopic (exact) mass is 278 g/mol. The van der Waals surface area contributed by atoms with Gasteiger partial charge in [0.2, 0.25) is 0 Å². The topological polar surface area (TPSA) is 54.3 Å². The molecule has 1 saturated carbocycles. The highest BCUT2D eigenvalue weighted by atomic mass is 16.3. The molecule has 2 rings (SSSR count). The van der Waals surface area contributed by atoms with Crippen LogP contribution in [0.4, 0.5) is 0 Å². The number of rotatable bonds is 5. The minimum atomic E-state index is -0.494. The van der Waals surface area contributed by atoms with Crippen LogP contribution < -0.4 is 5.32 Å². The molecule has 1 amide bonds. The van der Waals surface area contributed by atoms with E-state index in [0.717, 1.165) is 12.8 Å². The van der Waals surface area contributed by atoms with Gasteiger partial charge in [-0.3, -0.25) is 4.79 Å². The first-order valence-electron chi connectivity index (χ1n) is 7.50. The Balaban J connectivity index is 1.87. The van der Waals surface area contributed by atoms with E-state index in [4.69, 9.17) is 0 Å². The molecule has 1 unspecified atom stereocenters. The zero-order valence-corrected chi connectivity index (χ0v) is 12.7. The van der Waals surface area contributed by atoms with Crippen LogP contribution in [-0.4, -0.2) is 28.2 Å². The van der Waals surface area contributed by atoms with Gasteiger partial charge in [-0.1, -0.05) is 20.8 Å². The van der Waals surface area contributed by atoms with Crippen LogP contribution in [0.25, 0.3) is 0 Å². The van der Waals surface area contributed by atoms with E-state index in [1.54, 1.807) is 0 Å². The van der Waals surface area contributed by atoms with Gasteiger partial charge in [0, 0.05) is 18.8 Å². The van der Waals surface area contributed by atoms with Crippen molar-refractivity contribution in [1.82, 2.24) is 9.88 Å². The maximum Gasteiger partial charge on any atom is 0.268 e. The standard InChI is InChI=1S/C16H26N2O2/c1-16(2,3)10-13(19)11-17-15(20)14-8-5-9-18(14)12-6-4-7-12/h5,8-9,12-13,19H,4,6-7,10-11H2,1-3H3,(H,17,20). The summed E-state index contributed by atoms with van der Waals surface area (Å²) in [4.78, 5) is 12.2. The van der Waals surface area contributed by atoms with Gasteiger partial charge in [0.05, 0.1) is 6.10 Å². The lowest BCUT2D eigenvalue weighted by atomic mass is 9.89. The molecular weight excluding hydrogens is 252 g/mol. The third-order valence-corrected chi connectivity index (χ3v) is 3.83. The van der Waals surface area contributed by atoms with Crippen molar-refractivity contribution in [2.45, 2.75) is 58.6 Å². The van der Waals surface area contributed by atoms with Gasteiger partial charge in [-0.2, -0.15) is 0 Å². The molecule has 1 aliphatic carbocycles. The number of carbonyl (C=O) groups is 1. The van der Waals surface area contributed by atoms with E-state index < -0.39 is 6.10 Å². The van der Waals surface area contributed by atoms with Crippen molar-refractivity contribution in [3.8, 4) is 0 Å². The molecule has 20 heavy (non-hydrogen) atoms. The second-order valence-corrected chi connectivity index (χ2v) is 7.01. The first-order chi connectivity index (χ1) is 9.37. The number of hydrogen-bond acceptors (Lipinski definition) is 2. The van der Waals surface area contributed by atoms with E-state index in [0.29, 0.717) is 24.7 Å². The molecule has 1 aromatic heterocycles. The van der Waals surface area contributed by atoms with Crippen molar-refractivity contribution in [3.63, 3.8) is 0 Å². The van der Waals surface area contributed by atoms with Crippen LogP contribution in [0.5, 0.6) is 0 Å². The van der Waals surface area contributed by atoms with Gasteiger partial charge in [-0.25, -0.2) is 0 Å². The molecule has 1 aromatic rings. The minimum absolute atomic E-state index is 0.0658. The van der Waals surface area contributed by atoms with Crippen molar-refractivity contribution >= 4 is 5.91 Å². The number of aliphatic hydroxyl groups excluding tert-OH is 1. The molecule has 0 saturated heterocycles. The first kappa shape index (κ1) is 15.1. The van der Waals surface area contributed by atoms with E-state index in [-0.39, 0.29) is 11.3 Å². The van der Waals surface area contributed by atoms with E-state index >= 15 is 0 Å². The summed E-state index contributed by atoms with van der Waals surface area (Å²) in [5.41, 5.74) is 0.772. The Hall–Kier alpha value is -1.29. The quantitative estimate of drug-likeness (QED) is 0.870. The second kappa shape index (κ2) is 6.00. The van der Waals surface area contributed by atoms with Crippen LogP contribution in [0.2, 0.25) is 0 Å². The summed E-state index contributed by atoms with van der Waals surface area (Å²) in [5, 5.41) is 12.8. The summed E-state index contributed by atoms with van der Waals surface area (Å²) in [5.74, 6) is -0.0881. The minimum Gasteiger partial charge on any atom is -0.391 e. The lowest BCUT2D eigenvalue weighted by molar-refractivity contribution is 0.0855. The number of hydrogen-bond donors (Lipinski definition) is 2. The Kier molecular flexibility index (Phi) is 4.53. The van der Waals surface area contributed by atoms with Crippen LogP contribution in [0, 0.1) is 5.41 Å². The molecule has 1 heterocycles. The summed E-state index contributed by atoms with van der Waals surface area (Å²) < 4.78 is 2.06. The Morgan fingerprint density at radius 3 is 2.75 bits per heavy atom. The fourth-order valence-corrected chi connectivity index (χ4v) is 2.65. The number of aromatic nitrogens is 1. The van der Waals surface area contributed by atoms with Gasteiger partial charge < -0.3 is 15.0 Å². The predicted octanol–water partition coefficient (Wildman–Crippen LogP) is 2.74. The highest BCUT2D eigenvalue weighted by Crippen LogP contribution is 2.32. The lowest BCUT2D eigenvalue weighted by Gasteiger charge is -2.29. The Labute approximate surface area is 121 Å². The number of aliphatic hydroxyl groups is 1. The van der Waals surface area contributed by atoms with Crippen molar-refractivity contribution in [3.05, 3.63) is 24.0 Å². The largest absolute Gasteiger partial charge is 0.391 e. The smallest absolute Gasteiger partial charge is 0.268 e. The van der Waals surface area contributed by atoms with E-state index in [1.807, 2.05) is 18.3 Å². The summed E-state index contributed by atoms with van der Waals surface area (Å²) in [6.45, 7) is 6.56. The third-order valence-electron chi connectivity index (χ3n) is 3.83. The molecule has 1 atom stereocenters. The lowest BCUT2D eigenvalue weighted by Crippen LogP contribution is -2.35. The van der Waals surface area contributed by atoms with Crippen molar-refractivity contribution in [2.24, 2.45) is 5.41 Å². The van der Waals surface area contributed by atoms with Gasteiger partial charge >= 0.3 is 0 Å². The zero-order chi connectivity index (χ0) is 14.8. The predicted molar refractivity (Wildman–Crippen MR) is 79.7 cm³/mol. The molecule has 0 aliphatic heterocycles. The summed E-state index contributed by atoms with van der Waals surface area (Å²) in [6, 6.07) is 4.24. The molecule has 0 radical (unpaired) electrons. The van der Waals surface area contributed by atoms with Gasteiger partial charge in [-0.05, 0) is 43.2 Å². The van der Waals surface area contributed by atoms with Crippen LogP contribution in [0.1, 0.15) is 63.0 Å². The average Bonchev–Trinajstić information content (AvgIpc) is 2.70. The highest BCUT2D eigenvalue weighted by Gasteiger charge is 2.23. The Bertz CT molecular complexity index is 455. The molecule has 0 bridgehead atoms. The number of nitrogens with one attached hydrogen (secondary N) is 1. The van der Waals surface area contributed by atoms with Crippen LogP contribution in [-0.2, 0) is 0 Å². The third kappa shape index (κ3) is 3.85. The zero-order valence-electron chi connectivity index (χ0n) is 12.7. The van der Waals surface area contributed by atoms with Gasteiger partial charge in [0.1, 0.15) is 5.69 Å². The van der Waals surface area contributed by atoms with Crippen LogP contribution >= 0.6 is 0 Å². The number of amides is 1. The Morgan fingerprint density at radius 1 is 1.50 bits per heavy atom. The van der Waals surface area contributed by atoms with E-state index in [1.165, 1.54) is 6.42 Å². The van der Waals surface area contributed by atoms with Gasteiger partial charge in [-0.15, -0.1) is 0 Å². The molecule has 4 nitrogen and oxygen atoms in total. The number of nitrogens with zero attached hydrogens (tertiary/aromatic N) is 1. The molecule has 0 spiro atoms. The molecule has 1 fully saturated rings.